The first-order chi connectivity index (χ1) is 8.66. The lowest BCUT2D eigenvalue weighted by atomic mass is 10.0. The van der Waals surface area contributed by atoms with Gasteiger partial charge in [0.2, 0.25) is 5.78 Å². The highest BCUT2D eigenvalue weighted by molar-refractivity contribution is 9.10. The van der Waals surface area contributed by atoms with Gasteiger partial charge in [-0.3, -0.25) is 4.79 Å². The third-order valence-electron chi connectivity index (χ3n) is 2.96. The average Bonchev–Trinajstić information content (AvgIpc) is 2.95. The molecule has 0 saturated heterocycles. The lowest BCUT2D eigenvalue weighted by Gasteiger charge is -1.99. The fourth-order valence-electron chi connectivity index (χ4n) is 2.12. The molecule has 3 rings (SSSR count). The number of ketones is 1. The molecule has 4 heteroatoms. The SMILES string of the molecule is Cc1cccc2[nH]cc(C(=O)c3ccc(Br)o3)c12. The Morgan fingerprint density at radius 2 is 2.11 bits per heavy atom. The van der Waals surface area contributed by atoms with E-state index in [-0.39, 0.29) is 5.78 Å². The number of hydrogen-bond acceptors (Lipinski definition) is 2. The van der Waals surface area contributed by atoms with Crippen molar-refractivity contribution in [3.8, 4) is 0 Å². The number of aromatic amines is 1. The van der Waals surface area contributed by atoms with Crippen molar-refractivity contribution in [1.82, 2.24) is 4.98 Å². The minimum atomic E-state index is -0.110. The molecule has 0 spiro atoms. The Kier molecular flexibility index (Phi) is 2.59. The first kappa shape index (κ1) is 11.3. The van der Waals surface area contributed by atoms with Gasteiger partial charge in [-0.15, -0.1) is 0 Å². The first-order valence-corrected chi connectivity index (χ1v) is 6.33. The molecule has 1 aromatic carbocycles. The van der Waals surface area contributed by atoms with Gasteiger partial charge < -0.3 is 9.40 Å². The number of benzene rings is 1. The van der Waals surface area contributed by atoms with Crippen molar-refractivity contribution in [1.29, 1.82) is 0 Å². The van der Waals surface area contributed by atoms with Crippen LogP contribution < -0.4 is 0 Å². The van der Waals surface area contributed by atoms with Crippen molar-refractivity contribution in [2.45, 2.75) is 6.92 Å². The van der Waals surface area contributed by atoms with Crippen LogP contribution in [0.25, 0.3) is 10.9 Å². The number of furan rings is 1. The molecule has 2 aromatic heterocycles. The van der Waals surface area contributed by atoms with Crippen LogP contribution in [0.1, 0.15) is 21.7 Å². The molecule has 2 heterocycles. The number of carbonyl (C=O) groups excluding carboxylic acids is 1. The highest BCUT2D eigenvalue weighted by atomic mass is 79.9. The molecule has 1 N–H and O–H groups in total. The van der Waals surface area contributed by atoms with E-state index in [1.807, 2.05) is 25.1 Å². The van der Waals surface area contributed by atoms with Gasteiger partial charge >= 0.3 is 0 Å². The van der Waals surface area contributed by atoms with Crippen LogP contribution in [0, 0.1) is 6.92 Å². The lowest BCUT2D eigenvalue weighted by Crippen LogP contribution is -1.98. The maximum Gasteiger partial charge on any atom is 0.230 e. The van der Waals surface area contributed by atoms with Gasteiger partial charge in [0.25, 0.3) is 0 Å². The Morgan fingerprint density at radius 3 is 2.83 bits per heavy atom. The van der Waals surface area contributed by atoms with Crippen molar-refractivity contribution >= 4 is 32.6 Å². The average molecular weight is 304 g/mol. The summed E-state index contributed by atoms with van der Waals surface area (Å²) in [6.07, 6.45) is 1.73. The molecule has 0 aliphatic carbocycles. The molecular weight excluding hydrogens is 294 g/mol. The van der Waals surface area contributed by atoms with E-state index in [1.165, 1.54) is 0 Å². The van der Waals surface area contributed by atoms with Crippen molar-refractivity contribution in [2.24, 2.45) is 0 Å². The van der Waals surface area contributed by atoms with E-state index >= 15 is 0 Å². The van der Waals surface area contributed by atoms with Gasteiger partial charge in [0, 0.05) is 17.1 Å². The molecule has 0 aliphatic heterocycles. The van der Waals surface area contributed by atoms with Gasteiger partial charge in [0.05, 0.1) is 5.56 Å². The van der Waals surface area contributed by atoms with Gasteiger partial charge in [0.1, 0.15) is 0 Å². The van der Waals surface area contributed by atoms with Gasteiger partial charge in [-0.2, -0.15) is 0 Å². The molecule has 0 atom stereocenters. The molecular formula is C14H10BrNO2. The maximum absolute atomic E-state index is 12.4. The summed E-state index contributed by atoms with van der Waals surface area (Å²) >= 11 is 3.20. The minimum Gasteiger partial charge on any atom is -0.446 e. The Bertz CT molecular complexity index is 739. The molecule has 0 radical (unpaired) electrons. The Morgan fingerprint density at radius 1 is 1.28 bits per heavy atom. The van der Waals surface area contributed by atoms with Crippen LogP contribution in [0.15, 0.2) is 45.6 Å². The van der Waals surface area contributed by atoms with Crippen LogP contribution >= 0.6 is 15.9 Å². The van der Waals surface area contributed by atoms with E-state index in [1.54, 1.807) is 18.3 Å². The van der Waals surface area contributed by atoms with Gasteiger partial charge in [0.15, 0.2) is 10.4 Å². The van der Waals surface area contributed by atoms with E-state index in [9.17, 15) is 4.79 Å². The molecule has 90 valence electrons. The third-order valence-corrected chi connectivity index (χ3v) is 3.38. The van der Waals surface area contributed by atoms with Crippen LogP contribution in [0.5, 0.6) is 0 Å². The van der Waals surface area contributed by atoms with Gasteiger partial charge in [-0.05, 0) is 46.6 Å². The zero-order valence-corrected chi connectivity index (χ0v) is 11.2. The van der Waals surface area contributed by atoms with E-state index < -0.39 is 0 Å². The molecule has 0 aliphatic rings. The highest BCUT2D eigenvalue weighted by Gasteiger charge is 2.18. The van der Waals surface area contributed by atoms with Crippen LogP contribution in [-0.4, -0.2) is 10.8 Å². The number of carbonyl (C=O) groups is 1. The van der Waals surface area contributed by atoms with E-state index in [2.05, 4.69) is 20.9 Å². The van der Waals surface area contributed by atoms with Crippen molar-refractivity contribution in [3.05, 3.63) is 58.1 Å². The lowest BCUT2D eigenvalue weighted by molar-refractivity contribution is 0.101. The summed E-state index contributed by atoms with van der Waals surface area (Å²) in [5.74, 6) is 0.229. The van der Waals surface area contributed by atoms with Crippen LogP contribution in [0.4, 0.5) is 0 Å². The van der Waals surface area contributed by atoms with Gasteiger partial charge in [-0.1, -0.05) is 12.1 Å². The molecule has 3 aromatic rings. The Balaban J connectivity index is 2.18. The van der Waals surface area contributed by atoms with Gasteiger partial charge in [-0.25, -0.2) is 0 Å². The predicted octanol–water partition coefficient (Wildman–Crippen LogP) is 4.06. The maximum atomic E-state index is 12.4. The molecule has 3 nitrogen and oxygen atoms in total. The second-order valence-electron chi connectivity index (χ2n) is 4.13. The Hall–Kier alpha value is -1.81. The van der Waals surface area contributed by atoms with Crippen molar-refractivity contribution in [2.75, 3.05) is 0 Å². The number of hydrogen-bond donors (Lipinski definition) is 1. The smallest absolute Gasteiger partial charge is 0.230 e. The summed E-state index contributed by atoms with van der Waals surface area (Å²) in [4.78, 5) is 15.5. The molecule has 0 fully saturated rings. The Labute approximate surface area is 112 Å². The van der Waals surface area contributed by atoms with Crippen LogP contribution in [0.3, 0.4) is 0 Å². The second kappa shape index (κ2) is 4.14. The number of halogens is 1. The molecule has 0 amide bonds. The zero-order chi connectivity index (χ0) is 12.7. The van der Waals surface area contributed by atoms with E-state index in [0.29, 0.717) is 16.0 Å². The number of rotatable bonds is 2. The minimum absolute atomic E-state index is 0.110. The number of aryl methyl sites for hydroxylation is 1. The predicted molar refractivity (Wildman–Crippen MR) is 72.9 cm³/mol. The second-order valence-corrected chi connectivity index (χ2v) is 4.91. The van der Waals surface area contributed by atoms with Crippen LogP contribution in [-0.2, 0) is 0 Å². The molecule has 0 unspecified atom stereocenters. The first-order valence-electron chi connectivity index (χ1n) is 5.53. The number of fused-ring (bicyclic) bond motifs is 1. The normalized spacial score (nSPS) is 11.0. The standard InChI is InChI=1S/C14H10BrNO2/c1-8-3-2-4-10-13(8)9(7-16-10)14(17)11-5-6-12(15)18-11/h2-7,16H,1H3. The number of nitrogens with one attached hydrogen (secondary N) is 1. The number of H-pyrrole nitrogens is 1. The largest absolute Gasteiger partial charge is 0.446 e. The summed E-state index contributed by atoms with van der Waals surface area (Å²) in [6, 6.07) is 9.30. The summed E-state index contributed by atoms with van der Waals surface area (Å²) in [5.41, 5.74) is 2.68. The summed E-state index contributed by atoms with van der Waals surface area (Å²) in [5, 5.41) is 0.954. The van der Waals surface area contributed by atoms with Crippen LogP contribution in [0.2, 0.25) is 0 Å². The molecule has 18 heavy (non-hydrogen) atoms. The zero-order valence-electron chi connectivity index (χ0n) is 9.66. The fraction of sp³-hybridized carbons (Fsp3) is 0.0714. The van der Waals surface area contributed by atoms with Crippen molar-refractivity contribution in [3.63, 3.8) is 0 Å². The monoisotopic (exact) mass is 303 g/mol. The fourth-order valence-corrected chi connectivity index (χ4v) is 2.42. The molecule has 0 bridgehead atoms. The van der Waals surface area contributed by atoms with E-state index in [4.69, 9.17) is 4.42 Å². The highest BCUT2D eigenvalue weighted by Crippen LogP contribution is 2.25. The quantitative estimate of drug-likeness (QED) is 0.726. The van der Waals surface area contributed by atoms with E-state index in [0.717, 1.165) is 16.5 Å². The molecule has 0 saturated carbocycles. The summed E-state index contributed by atoms with van der Waals surface area (Å²) in [6.45, 7) is 1.99. The topological polar surface area (TPSA) is 46.0 Å². The summed E-state index contributed by atoms with van der Waals surface area (Å²) in [7, 11) is 0. The summed E-state index contributed by atoms with van der Waals surface area (Å²) < 4.78 is 5.87. The number of aromatic nitrogens is 1. The van der Waals surface area contributed by atoms with Crippen molar-refractivity contribution < 1.29 is 9.21 Å². The third kappa shape index (κ3) is 1.69.